The molecule has 0 saturated carbocycles. The largest absolute Gasteiger partial charge is 0.265 e. The monoisotopic (exact) mass is 596 g/mol. The van der Waals surface area contributed by atoms with Crippen LogP contribution in [-0.4, -0.2) is 4.98 Å². The van der Waals surface area contributed by atoms with Crippen LogP contribution in [0.1, 0.15) is 231 Å². The highest BCUT2D eigenvalue weighted by atomic mass is 14.6. The van der Waals surface area contributed by atoms with Crippen molar-refractivity contribution in [2.24, 2.45) is 0 Å². The Morgan fingerprint density at radius 3 is 1.07 bits per heavy atom. The van der Waals surface area contributed by atoms with Crippen LogP contribution in [0.4, 0.5) is 0 Å². The van der Waals surface area contributed by atoms with Gasteiger partial charge in [-0.3, -0.25) is 4.98 Å². The molecule has 0 aromatic carbocycles. The van der Waals surface area contributed by atoms with Crippen molar-refractivity contribution in [3.8, 4) is 0 Å². The molecule has 0 bridgehead atoms. The summed E-state index contributed by atoms with van der Waals surface area (Å²) < 4.78 is 0. The number of aromatic nitrogens is 1. The lowest BCUT2D eigenvalue weighted by atomic mass is 9.88. The van der Waals surface area contributed by atoms with Gasteiger partial charge in [-0.25, -0.2) is 0 Å². The van der Waals surface area contributed by atoms with E-state index in [1.807, 2.05) is 12.4 Å². The summed E-state index contributed by atoms with van der Waals surface area (Å²) in [6.07, 6.45) is 54.3. The maximum absolute atomic E-state index is 4.28. The molecule has 0 N–H and O–H groups in total. The summed E-state index contributed by atoms with van der Waals surface area (Å²) in [7, 11) is 0. The molecule has 0 aliphatic carbocycles. The first-order chi connectivity index (χ1) is 21.4. The summed E-state index contributed by atoms with van der Waals surface area (Å²) in [6.45, 7) is 4.60. The fourth-order valence-corrected chi connectivity index (χ4v) is 6.69. The van der Waals surface area contributed by atoms with Gasteiger partial charge in [0.05, 0.1) is 0 Å². The van der Waals surface area contributed by atoms with Gasteiger partial charge in [0.15, 0.2) is 0 Å². The van der Waals surface area contributed by atoms with Gasteiger partial charge in [0.1, 0.15) is 0 Å². The third kappa shape index (κ3) is 28.1. The average Bonchev–Trinajstić information content (AvgIpc) is 3.03. The SMILES string of the molecule is CCCCCCCC/C=C/CCCCCCCCC(CCCCCCCCCCCCCCCCCC)c1ccncc1. The van der Waals surface area contributed by atoms with Crippen LogP contribution in [0.25, 0.3) is 0 Å². The summed E-state index contributed by atoms with van der Waals surface area (Å²) in [4.78, 5) is 4.28. The van der Waals surface area contributed by atoms with Crippen molar-refractivity contribution in [1.29, 1.82) is 0 Å². The van der Waals surface area contributed by atoms with Gasteiger partial charge in [-0.2, -0.15) is 0 Å². The first-order valence-electron chi connectivity index (χ1n) is 19.9. The number of rotatable bonds is 34. The first-order valence-corrected chi connectivity index (χ1v) is 19.9. The Hall–Kier alpha value is -1.11. The zero-order valence-electron chi connectivity index (χ0n) is 29.6. The number of hydrogen-bond donors (Lipinski definition) is 0. The molecule has 1 atom stereocenters. The van der Waals surface area contributed by atoms with Crippen LogP contribution in [-0.2, 0) is 0 Å². The second-order valence-corrected chi connectivity index (χ2v) is 13.8. The standard InChI is InChI=1S/C42H77N/c1-3-5-7-9-11-13-15-17-19-21-23-25-27-29-31-33-35-41(42-37-39-43-40-38-42)36-34-32-30-28-26-24-22-20-18-16-14-12-10-8-6-4-2/h17,19,37-41H,3-16,18,20-36H2,1-2H3/b19-17+. The van der Waals surface area contributed by atoms with Crippen LogP contribution in [0.2, 0.25) is 0 Å². The zero-order chi connectivity index (χ0) is 30.7. The summed E-state index contributed by atoms with van der Waals surface area (Å²) in [5.74, 6) is 0.742. The summed E-state index contributed by atoms with van der Waals surface area (Å²) in [5.41, 5.74) is 1.53. The molecule has 0 amide bonds. The Morgan fingerprint density at radius 1 is 0.419 bits per heavy atom. The van der Waals surface area contributed by atoms with E-state index in [0.717, 1.165) is 5.92 Å². The quantitative estimate of drug-likeness (QED) is 0.0570. The molecule has 0 saturated heterocycles. The Balaban J connectivity index is 1.98. The minimum absolute atomic E-state index is 0.742. The highest BCUT2D eigenvalue weighted by Gasteiger charge is 2.11. The van der Waals surface area contributed by atoms with Crippen molar-refractivity contribution >= 4 is 0 Å². The molecule has 1 heterocycles. The van der Waals surface area contributed by atoms with E-state index in [1.165, 1.54) is 211 Å². The Kier molecular flexibility index (Phi) is 31.4. The number of pyridine rings is 1. The highest BCUT2D eigenvalue weighted by molar-refractivity contribution is 5.15. The molecular weight excluding hydrogens is 518 g/mol. The first kappa shape index (κ1) is 39.9. The molecule has 0 aliphatic rings. The minimum Gasteiger partial charge on any atom is -0.265 e. The van der Waals surface area contributed by atoms with Gasteiger partial charge in [0.2, 0.25) is 0 Å². The van der Waals surface area contributed by atoms with E-state index in [9.17, 15) is 0 Å². The maximum Gasteiger partial charge on any atom is 0.0270 e. The zero-order valence-corrected chi connectivity index (χ0v) is 29.6. The lowest BCUT2D eigenvalue weighted by Crippen LogP contribution is -2.00. The molecule has 0 radical (unpaired) electrons. The molecule has 0 spiro atoms. The van der Waals surface area contributed by atoms with Gasteiger partial charge >= 0.3 is 0 Å². The van der Waals surface area contributed by atoms with Crippen LogP contribution >= 0.6 is 0 Å². The molecule has 1 aromatic rings. The van der Waals surface area contributed by atoms with Crippen LogP contribution < -0.4 is 0 Å². The molecular formula is C42H77N. The van der Waals surface area contributed by atoms with Gasteiger partial charge in [-0.1, -0.05) is 193 Å². The van der Waals surface area contributed by atoms with Crippen molar-refractivity contribution in [2.45, 2.75) is 225 Å². The summed E-state index contributed by atoms with van der Waals surface area (Å²) >= 11 is 0. The minimum atomic E-state index is 0.742. The van der Waals surface area contributed by atoms with E-state index >= 15 is 0 Å². The molecule has 1 nitrogen and oxygen atoms in total. The van der Waals surface area contributed by atoms with Crippen LogP contribution in [0, 0.1) is 0 Å². The average molecular weight is 596 g/mol. The predicted molar refractivity (Wildman–Crippen MR) is 195 cm³/mol. The van der Waals surface area contributed by atoms with Crippen molar-refractivity contribution in [1.82, 2.24) is 4.98 Å². The van der Waals surface area contributed by atoms with Crippen LogP contribution in [0.15, 0.2) is 36.7 Å². The lowest BCUT2D eigenvalue weighted by Gasteiger charge is -2.17. The normalized spacial score (nSPS) is 12.4. The van der Waals surface area contributed by atoms with Crippen molar-refractivity contribution in [3.63, 3.8) is 0 Å². The van der Waals surface area contributed by atoms with E-state index < -0.39 is 0 Å². The smallest absolute Gasteiger partial charge is 0.0270 e. The molecule has 1 aromatic heterocycles. The molecule has 250 valence electrons. The highest BCUT2D eigenvalue weighted by Crippen LogP contribution is 2.28. The van der Waals surface area contributed by atoms with Gasteiger partial charge in [-0.15, -0.1) is 0 Å². The number of unbranched alkanes of at least 4 members (excludes halogenated alkanes) is 27. The Bertz CT molecular complexity index is 665. The van der Waals surface area contributed by atoms with Gasteiger partial charge in [0.25, 0.3) is 0 Å². The van der Waals surface area contributed by atoms with Crippen LogP contribution in [0.3, 0.4) is 0 Å². The van der Waals surface area contributed by atoms with E-state index in [4.69, 9.17) is 0 Å². The van der Waals surface area contributed by atoms with Crippen LogP contribution in [0.5, 0.6) is 0 Å². The van der Waals surface area contributed by atoms with E-state index in [-0.39, 0.29) is 0 Å². The second kappa shape index (κ2) is 33.8. The number of nitrogens with zero attached hydrogens (tertiary/aromatic N) is 1. The summed E-state index contributed by atoms with van der Waals surface area (Å²) in [5, 5.41) is 0. The molecule has 43 heavy (non-hydrogen) atoms. The van der Waals surface area contributed by atoms with E-state index in [2.05, 4.69) is 43.1 Å². The number of hydrogen-bond acceptors (Lipinski definition) is 1. The van der Waals surface area contributed by atoms with Crippen molar-refractivity contribution < 1.29 is 0 Å². The third-order valence-corrected chi connectivity index (χ3v) is 9.65. The van der Waals surface area contributed by atoms with Gasteiger partial charge in [0, 0.05) is 12.4 Å². The molecule has 1 heteroatoms. The molecule has 1 unspecified atom stereocenters. The molecule has 1 rings (SSSR count). The fourth-order valence-electron chi connectivity index (χ4n) is 6.69. The van der Waals surface area contributed by atoms with E-state index in [1.54, 1.807) is 0 Å². The molecule has 0 fully saturated rings. The molecule has 0 aliphatic heterocycles. The van der Waals surface area contributed by atoms with Gasteiger partial charge in [-0.05, 0) is 62.1 Å². The third-order valence-electron chi connectivity index (χ3n) is 9.65. The summed E-state index contributed by atoms with van der Waals surface area (Å²) in [6, 6.07) is 4.55. The Morgan fingerprint density at radius 2 is 0.721 bits per heavy atom. The fraction of sp³-hybridized carbons (Fsp3) is 0.833. The van der Waals surface area contributed by atoms with Gasteiger partial charge < -0.3 is 0 Å². The van der Waals surface area contributed by atoms with Crippen molar-refractivity contribution in [2.75, 3.05) is 0 Å². The second-order valence-electron chi connectivity index (χ2n) is 13.8. The van der Waals surface area contributed by atoms with E-state index in [0.29, 0.717) is 0 Å². The predicted octanol–water partition coefficient (Wildman–Crippen LogP) is 15.2. The lowest BCUT2D eigenvalue weighted by molar-refractivity contribution is 0.482. The van der Waals surface area contributed by atoms with Crippen molar-refractivity contribution in [3.05, 3.63) is 42.2 Å². The number of allylic oxidation sites excluding steroid dienone is 2. The Labute approximate surface area is 271 Å². The topological polar surface area (TPSA) is 12.9 Å². The maximum atomic E-state index is 4.28.